The third-order valence-corrected chi connectivity index (χ3v) is 3.19. The Kier molecular flexibility index (Phi) is 3.84. The molecule has 0 bridgehead atoms. The summed E-state index contributed by atoms with van der Waals surface area (Å²) in [6, 6.07) is 0.776. The minimum Gasteiger partial charge on any atom is -0.480 e. The highest BCUT2D eigenvalue weighted by Crippen LogP contribution is 2.14. The van der Waals surface area contributed by atoms with Crippen LogP contribution in [0, 0.1) is 0 Å². The fourth-order valence-electron chi connectivity index (χ4n) is 2.10. The Morgan fingerprint density at radius 3 is 2.89 bits per heavy atom. The van der Waals surface area contributed by atoms with E-state index in [1.165, 1.54) is 9.58 Å². The van der Waals surface area contributed by atoms with E-state index in [-0.39, 0.29) is 19.1 Å². The highest BCUT2D eigenvalue weighted by molar-refractivity contribution is 5.95. The molecule has 7 nitrogen and oxygen atoms in total. The lowest BCUT2D eigenvalue weighted by Crippen LogP contribution is -2.52. The van der Waals surface area contributed by atoms with E-state index >= 15 is 0 Å². The van der Waals surface area contributed by atoms with Crippen molar-refractivity contribution in [1.82, 2.24) is 14.7 Å². The molecule has 1 aromatic rings. The number of morpholine rings is 1. The number of aromatic nitrogens is 2. The molecule has 1 atom stereocenters. The average molecular weight is 267 g/mol. The Hall–Kier alpha value is -1.89. The third-order valence-electron chi connectivity index (χ3n) is 3.19. The molecule has 7 heteroatoms. The number of hydrogen-bond donors (Lipinski definition) is 1. The topological polar surface area (TPSA) is 84.7 Å². The van der Waals surface area contributed by atoms with Crippen molar-refractivity contribution in [3.8, 4) is 0 Å². The van der Waals surface area contributed by atoms with Gasteiger partial charge in [0.15, 0.2) is 6.04 Å². The van der Waals surface area contributed by atoms with Crippen LogP contribution in [0.2, 0.25) is 0 Å². The maximum atomic E-state index is 12.4. The van der Waals surface area contributed by atoms with E-state index in [1.807, 2.05) is 6.92 Å². The zero-order chi connectivity index (χ0) is 14.0. The van der Waals surface area contributed by atoms with Crippen LogP contribution in [0.25, 0.3) is 0 Å². The normalized spacial score (nSPS) is 19.5. The van der Waals surface area contributed by atoms with Gasteiger partial charge in [-0.1, -0.05) is 6.92 Å². The SMILES string of the molecule is CCc1cc(C(=O)N2CCOCC2C(=O)O)n(C)n1. The smallest absolute Gasteiger partial charge is 0.328 e. The van der Waals surface area contributed by atoms with Crippen LogP contribution in [-0.2, 0) is 23.0 Å². The largest absolute Gasteiger partial charge is 0.480 e. The molecule has 2 rings (SSSR count). The first-order chi connectivity index (χ1) is 9.04. The van der Waals surface area contributed by atoms with Crippen molar-refractivity contribution >= 4 is 11.9 Å². The molecule has 1 aromatic heterocycles. The summed E-state index contributed by atoms with van der Waals surface area (Å²) in [6.45, 7) is 2.61. The van der Waals surface area contributed by atoms with E-state index in [2.05, 4.69) is 5.10 Å². The highest BCUT2D eigenvalue weighted by atomic mass is 16.5. The first-order valence-electron chi connectivity index (χ1n) is 6.19. The van der Waals surface area contributed by atoms with Gasteiger partial charge in [-0.3, -0.25) is 9.48 Å². The molecule has 0 spiro atoms. The number of aliphatic carboxylic acids is 1. The highest BCUT2D eigenvalue weighted by Gasteiger charge is 2.34. The first-order valence-corrected chi connectivity index (χ1v) is 6.19. The second-order valence-electron chi connectivity index (χ2n) is 4.43. The second kappa shape index (κ2) is 5.40. The Bertz CT molecular complexity index is 497. The number of carbonyl (C=O) groups is 2. The zero-order valence-electron chi connectivity index (χ0n) is 11.0. The summed E-state index contributed by atoms with van der Waals surface area (Å²) >= 11 is 0. The van der Waals surface area contributed by atoms with Crippen molar-refractivity contribution in [2.75, 3.05) is 19.8 Å². The lowest BCUT2D eigenvalue weighted by molar-refractivity contribution is -0.147. The molecule has 1 aliphatic rings. The van der Waals surface area contributed by atoms with Crippen LogP contribution < -0.4 is 0 Å². The maximum absolute atomic E-state index is 12.4. The summed E-state index contributed by atoms with van der Waals surface area (Å²) in [6.07, 6.45) is 0.729. The summed E-state index contributed by atoms with van der Waals surface area (Å²) in [5.74, 6) is -1.36. The molecule has 0 radical (unpaired) electrons. The van der Waals surface area contributed by atoms with Gasteiger partial charge < -0.3 is 14.7 Å². The van der Waals surface area contributed by atoms with Gasteiger partial charge in [-0.15, -0.1) is 0 Å². The molecule has 1 N–H and O–H groups in total. The molecule has 1 saturated heterocycles. The second-order valence-corrected chi connectivity index (χ2v) is 4.43. The van der Waals surface area contributed by atoms with Gasteiger partial charge in [-0.25, -0.2) is 4.79 Å². The summed E-state index contributed by atoms with van der Waals surface area (Å²) in [5.41, 5.74) is 1.22. The Balaban J connectivity index is 2.25. The van der Waals surface area contributed by atoms with E-state index in [9.17, 15) is 9.59 Å². The van der Waals surface area contributed by atoms with E-state index in [4.69, 9.17) is 9.84 Å². The molecular weight excluding hydrogens is 250 g/mol. The van der Waals surface area contributed by atoms with Crippen molar-refractivity contribution in [2.45, 2.75) is 19.4 Å². The van der Waals surface area contributed by atoms with Crippen LogP contribution in [0.3, 0.4) is 0 Å². The number of hydrogen-bond acceptors (Lipinski definition) is 4. The third kappa shape index (κ3) is 2.60. The average Bonchev–Trinajstić information content (AvgIpc) is 2.79. The fourth-order valence-corrected chi connectivity index (χ4v) is 2.10. The summed E-state index contributed by atoms with van der Waals surface area (Å²) in [5, 5.41) is 13.3. The van der Waals surface area contributed by atoms with Crippen molar-refractivity contribution in [3.63, 3.8) is 0 Å². The molecule has 0 aliphatic carbocycles. The predicted octanol–water partition coefficient (Wildman–Crippen LogP) is -0.0919. The number of ether oxygens (including phenoxy) is 1. The summed E-state index contributed by atoms with van der Waals surface area (Å²) in [4.78, 5) is 24.9. The molecule has 0 aromatic carbocycles. The Labute approximate surface area is 110 Å². The van der Waals surface area contributed by atoms with E-state index in [0.29, 0.717) is 12.3 Å². The van der Waals surface area contributed by atoms with Crippen molar-refractivity contribution in [1.29, 1.82) is 0 Å². The number of amides is 1. The maximum Gasteiger partial charge on any atom is 0.328 e. The van der Waals surface area contributed by atoms with Gasteiger partial charge in [0.1, 0.15) is 5.69 Å². The number of aryl methyl sites for hydroxylation is 2. The van der Waals surface area contributed by atoms with Crippen molar-refractivity contribution < 1.29 is 19.4 Å². The lowest BCUT2D eigenvalue weighted by atomic mass is 10.2. The van der Waals surface area contributed by atoms with E-state index in [0.717, 1.165) is 12.1 Å². The molecule has 1 aliphatic heterocycles. The van der Waals surface area contributed by atoms with Crippen molar-refractivity contribution in [3.05, 3.63) is 17.5 Å². The zero-order valence-corrected chi connectivity index (χ0v) is 11.0. The standard InChI is InChI=1S/C12H17N3O4/c1-3-8-6-9(14(2)13-8)11(16)15-4-5-19-7-10(15)12(17)18/h6,10H,3-5,7H2,1-2H3,(H,17,18). The van der Waals surface area contributed by atoms with Crippen LogP contribution in [0.1, 0.15) is 23.1 Å². The van der Waals surface area contributed by atoms with Crippen LogP contribution in [0.15, 0.2) is 6.07 Å². The van der Waals surface area contributed by atoms with Gasteiger partial charge in [0.05, 0.1) is 18.9 Å². The Morgan fingerprint density at radius 2 is 2.32 bits per heavy atom. The number of nitrogens with zero attached hydrogens (tertiary/aromatic N) is 3. The van der Waals surface area contributed by atoms with Gasteiger partial charge in [0, 0.05) is 13.6 Å². The van der Waals surface area contributed by atoms with E-state index in [1.54, 1.807) is 13.1 Å². The lowest BCUT2D eigenvalue weighted by Gasteiger charge is -2.32. The predicted molar refractivity (Wildman–Crippen MR) is 65.9 cm³/mol. The number of rotatable bonds is 3. The molecule has 0 saturated carbocycles. The number of carboxylic acid groups (broad SMARTS) is 1. The van der Waals surface area contributed by atoms with Gasteiger partial charge >= 0.3 is 5.97 Å². The summed E-state index contributed by atoms with van der Waals surface area (Å²) in [7, 11) is 1.68. The molecule has 104 valence electrons. The van der Waals surface area contributed by atoms with Crippen LogP contribution in [-0.4, -0.2) is 57.5 Å². The van der Waals surface area contributed by atoms with Gasteiger partial charge in [-0.05, 0) is 12.5 Å². The first kappa shape index (κ1) is 13.5. The van der Waals surface area contributed by atoms with Gasteiger partial charge in [0.2, 0.25) is 0 Å². The minimum absolute atomic E-state index is 0.0273. The van der Waals surface area contributed by atoms with Crippen LogP contribution >= 0.6 is 0 Å². The monoisotopic (exact) mass is 267 g/mol. The molecule has 2 heterocycles. The molecular formula is C12H17N3O4. The fraction of sp³-hybridized carbons (Fsp3) is 0.583. The minimum atomic E-state index is -1.05. The molecule has 19 heavy (non-hydrogen) atoms. The molecule has 1 unspecified atom stereocenters. The Morgan fingerprint density at radius 1 is 1.58 bits per heavy atom. The quantitative estimate of drug-likeness (QED) is 0.827. The van der Waals surface area contributed by atoms with Crippen LogP contribution in [0.4, 0.5) is 0 Å². The molecule has 1 amide bonds. The van der Waals surface area contributed by atoms with E-state index < -0.39 is 12.0 Å². The number of carboxylic acids is 1. The molecule has 1 fully saturated rings. The van der Waals surface area contributed by atoms with Crippen molar-refractivity contribution in [2.24, 2.45) is 7.05 Å². The van der Waals surface area contributed by atoms with Crippen LogP contribution in [0.5, 0.6) is 0 Å². The van der Waals surface area contributed by atoms with Gasteiger partial charge in [-0.2, -0.15) is 5.10 Å². The number of carbonyl (C=O) groups excluding carboxylic acids is 1. The summed E-state index contributed by atoms with van der Waals surface area (Å²) < 4.78 is 6.61. The van der Waals surface area contributed by atoms with Gasteiger partial charge in [0.25, 0.3) is 5.91 Å².